The number of amides is 2. The van der Waals surface area contributed by atoms with Gasteiger partial charge in [0.15, 0.2) is 5.69 Å². The molecule has 0 spiro atoms. The van der Waals surface area contributed by atoms with Crippen LogP contribution < -0.4 is 10.1 Å². The fraction of sp³-hybridized carbons (Fsp3) is 0.105. The molecule has 0 atom stereocenters. The SMILES string of the molecule is O=C1Nc2ccccc2OC/C1=N\C(=O)c1cn(Cc2ccc(F)cc2)nn1. The van der Waals surface area contributed by atoms with Gasteiger partial charge in [0.2, 0.25) is 0 Å². The highest BCUT2D eigenvalue weighted by atomic mass is 19.1. The van der Waals surface area contributed by atoms with Crippen LogP contribution in [0.3, 0.4) is 0 Å². The summed E-state index contributed by atoms with van der Waals surface area (Å²) in [5, 5.41) is 10.3. The van der Waals surface area contributed by atoms with Gasteiger partial charge in [-0.1, -0.05) is 29.5 Å². The third kappa shape index (κ3) is 3.78. The van der Waals surface area contributed by atoms with Gasteiger partial charge in [0.1, 0.15) is 23.9 Å². The zero-order valence-corrected chi connectivity index (χ0v) is 14.5. The molecule has 2 heterocycles. The number of aliphatic imine (C=N–C) groups is 1. The van der Waals surface area contributed by atoms with Gasteiger partial charge in [-0.05, 0) is 29.8 Å². The van der Waals surface area contributed by atoms with Crippen molar-refractivity contribution < 1.29 is 18.7 Å². The van der Waals surface area contributed by atoms with Crippen molar-refractivity contribution in [2.24, 2.45) is 4.99 Å². The van der Waals surface area contributed by atoms with Crippen LogP contribution in [0.2, 0.25) is 0 Å². The average molecular weight is 379 g/mol. The fourth-order valence-electron chi connectivity index (χ4n) is 2.62. The molecule has 8 nitrogen and oxygen atoms in total. The highest BCUT2D eigenvalue weighted by Gasteiger charge is 2.22. The van der Waals surface area contributed by atoms with E-state index in [2.05, 4.69) is 20.6 Å². The molecule has 0 radical (unpaired) electrons. The van der Waals surface area contributed by atoms with Crippen LogP contribution in [-0.4, -0.2) is 39.1 Å². The van der Waals surface area contributed by atoms with Crippen molar-refractivity contribution >= 4 is 23.2 Å². The monoisotopic (exact) mass is 379 g/mol. The zero-order valence-electron chi connectivity index (χ0n) is 14.5. The molecule has 1 aliphatic rings. The van der Waals surface area contributed by atoms with E-state index < -0.39 is 11.8 Å². The lowest BCUT2D eigenvalue weighted by molar-refractivity contribution is -0.110. The second-order valence-corrected chi connectivity index (χ2v) is 6.03. The van der Waals surface area contributed by atoms with Gasteiger partial charge in [-0.15, -0.1) is 5.10 Å². The van der Waals surface area contributed by atoms with E-state index in [0.29, 0.717) is 18.0 Å². The van der Waals surface area contributed by atoms with E-state index in [1.54, 1.807) is 36.4 Å². The molecule has 0 aliphatic carbocycles. The standard InChI is InChI=1S/C19H14FN5O3/c20-13-7-5-12(6-8-13)9-25-10-15(23-24-25)18(26)22-16-11-28-17-4-2-1-3-14(17)21-19(16)27/h1-8,10H,9,11H2,(H,21,27)/b22-16+. The second kappa shape index (κ2) is 7.39. The van der Waals surface area contributed by atoms with Crippen LogP contribution in [0.5, 0.6) is 5.75 Å². The molecule has 0 fully saturated rings. The first kappa shape index (κ1) is 17.5. The molecule has 1 N–H and O–H groups in total. The number of carbonyl (C=O) groups is 2. The number of halogens is 1. The van der Waals surface area contributed by atoms with Gasteiger partial charge in [0.05, 0.1) is 18.4 Å². The van der Waals surface area contributed by atoms with Crippen molar-refractivity contribution in [3.05, 3.63) is 71.8 Å². The lowest BCUT2D eigenvalue weighted by atomic mass is 10.2. The molecule has 3 aromatic rings. The summed E-state index contributed by atoms with van der Waals surface area (Å²) in [6.45, 7) is 0.175. The maximum atomic E-state index is 13.0. The van der Waals surface area contributed by atoms with Crippen molar-refractivity contribution in [3.63, 3.8) is 0 Å². The van der Waals surface area contributed by atoms with E-state index in [9.17, 15) is 14.0 Å². The minimum Gasteiger partial charge on any atom is -0.485 e. The number of benzene rings is 2. The van der Waals surface area contributed by atoms with E-state index in [1.807, 2.05) is 0 Å². The Morgan fingerprint density at radius 1 is 1.21 bits per heavy atom. The second-order valence-electron chi connectivity index (χ2n) is 6.03. The van der Waals surface area contributed by atoms with Gasteiger partial charge in [-0.2, -0.15) is 0 Å². The molecular weight excluding hydrogens is 365 g/mol. The van der Waals surface area contributed by atoms with E-state index in [0.717, 1.165) is 5.56 Å². The molecule has 140 valence electrons. The van der Waals surface area contributed by atoms with Crippen molar-refractivity contribution in [1.82, 2.24) is 15.0 Å². The number of nitrogens with zero attached hydrogens (tertiary/aromatic N) is 4. The normalized spacial score (nSPS) is 14.8. The van der Waals surface area contributed by atoms with Gasteiger partial charge >= 0.3 is 0 Å². The van der Waals surface area contributed by atoms with Gasteiger partial charge in [0.25, 0.3) is 11.8 Å². The van der Waals surface area contributed by atoms with Crippen LogP contribution in [0.4, 0.5) is 10.1 Å². The molecular formula is C19H14FN5O3. The molecule has 2 amide bonds. The van der Waals surface area contributed by atoms with Gasteiger partial charge in [-0.3, -0.25) is 9.59 Å². The Morgan fingerprint density at radius 3 is 2.82 bits per heavy atom. The molecule has 2 aromatic carbocycles. The predicted octanol–water partition coefficient (Wildman–Crippen LogP) is 2.08. The number of carbonyl (C=O) groups excluding carboxylic acids is 2. The Balaban J connectivity index is 1.48. The van der Waals surface area contributed by atoms with Crippen molar-refractivity contribution in [3.8, 4) is 5.75 Å². The summed E-state index contributed by atoms with van der Waals surface area (Å²) in [7, 11) is 0. The van der Waals surface area contributed by atoms with Gasteiger partial charge < -0.3 is 10.1 Å². The Morgan fingerprint density at radius 2 is 2.00 bits per heavy atom. The van der Waals surface area contributed by atoms with Gasteiger partial charge in [-0.25, -0.2) is 14.1 Å². The number of anilines is 1. The highest BCUT2D eigenvalue weighted by Crippen LogP contribution is 2.25. The van der Waals surface area contributed by atoms with Crippen LogP contribution in [0.15, 0.2) is 59.7 Å². The number of hydrogen-bond donors (Lipinski definition) is 1. The molecule has 0 unspecified atom stereocenters. The number of aromatic nitrogens is 3. The summed E-state index contributed by atoms with van der Waals surface area (Å²) < 4.78 is 19.9. The first-order valence-corrected chi connectivity index (χ1v) is 8.38. The van der Waals surface area contributed by atoms with E-state index in [4.69, 9.17) is 4.74 Å². The van der Waals surface area contributed by atoms with E-state index in [1.165, 1.54) is 23.0 Å². The number of para-hydroxylation sites is 2. The van der Waals surface area contributed by atoms with Crippen LogP contribution in [-0.2, 0) is 11.3 Å². The number of hydrogen-bond acceptors (Lipinski definition) is 5. The maximum Gasteiger partial charge on any atom is 0.299 e. The van der Waals surface area contributed by atoms with Crippen LogP contribution in [0.1, 0.15) is 16.1 Å². The van der Waals surface area contributed by atoms with Crippen LogP contribution in [0, 0.1) is 5.82 Å². The lowest BCUT2D eigenvalue weighted by Crippen LogP contribution is -2.26. The third-order valence-corrected chi connectivity index (χ3v) is 4.01. The predicted molar refractivity (Wildman–Crippen MR) is 97.9 cm³/mol. The zero-order chi connectivity index (χ0) is 19.5. The molecule has 0 saturated heterocycles. The Kier molecular flexibility index (Phi) is 4.63. The number of nitrogens with one attached hydrogen (secondary N) is 1. The minimum absolute atomic E-state index is 0.0100. The third-order valence-electron chi connectivity index (χ3n) is 4.01. The minimum atomic E-state index is -0.704. The Labute approximate surface area is 158 Å². The van der Waals surface area contributed by atoms with Crippen molar-refractivity contribution in [2.75, 3.05) is 11.9 Å². The first-order chi connectivity index (χ1) is 13.6. The smallest absolute Gasteiger partial charge is 0.299 e. The van der Waals surface area contributed by atoms with E-state index >= 15 is 0 Å². The summed E-state index contributed by atoms with van der Waals surface area (Å²) in [4.78, 5) is 28.5. The summed E-state index contributed by atoms with van der Waals surface area (Å²) in [5.41, 5.74) is 1.24. The largest absolute Gasteiger partial charge is 0.485 e. The van der Waals surface area contributed by atoms with Crippen molar-refractivity contribution in [1.29, 1.82) is 0 Å². The summed E-state index contributed by atoms with van der Waals surface area (Å²) in [6, 6.07) is 12.8. The number of fused-ring (bicyclic) bond motifs is 1. The van der Waals surface area contributed by atoms with Gasteiger partial charge in [0, 0.05) is 0 Å². The maximum absolute atomic E-state index is 13.0. The van der Waals surface area contributed by atoms with E-state index in [-0.39, 0.29) is 23.8 Å². The highest BCUT2D eigenvalue weighted by molar-refractivity contribution is 6.45. The van der Waals surface area contributed by atoms with Crippen LogP contribution >= 0.6 is 0 Å². The molecule has 0 bridgehead atoms. The summed E-state index contributed by atoms with van der Waals surface area (Å²) in [5.74, 6) is -1.05. The molecule has 9 heteroatoms. The first-order valence-electron chi connectivity index (χ1n) is 8.38. The molecule has 1 aromatic heterocycles. The Hall–Kier alpha value is -3.88. The molecule has 28 heavy (non-hydrogen) atoms. The summed E-state index contributed by atoms with van der Waals surface area (Å²) >= 11 is 0. The Bertz CT molecular complexity index is 1080. The molecule has 1 aliphatic heterocycles. The lowest BCUT2D eigenvalue weighted by Gasteiger charge is -2.04. The van der Waals surface area contributed by atoms with Crippen LogP contribution in [0.25, 0.3) is 0 Å². The number of ether oxygens (including phenoxy) is 1. The van der Waals surface area contributed by atoms with Crippen molar-refractivity contribution in [2.45, 2.75) is 6.54 Å². The summed E-state index contributed by atoms with van der Waals surface area (Å²) in [6.07, 6.45) is 1.42. The number of rotatable bonds is 3. The molecule has 0 saturated carbocycles. The topological polar surface area (TPSA) is 98.5 Å². The average Bonchev–Trinajstić information content (AvgIpc) is 3.10. The quantitative estimate of drug-likeness (QED) is 0.751. The molecule has 4 rings (SSSR count). The fourth-order valence-corrected chi connectivity index (χ4v) is 2.62.